The Hall–Kier alpha value is -2.84. The van der Waals surface area contributed by atoms with Gasteiger partial charge in [-0.05, 0) is 36.8 Å². The zero-order chi connectivity index (χ0) is 18.4. The molecule has 5 nitrogen and oxygen atoms in total. The number of para-hydroxylation sites is 1. The second-order valence-electron chi connectivity index (χ2n) is 6.62. The van der Waals surface area contributed by atoms with Crippen molar-refractivity contribution >= 4 is 17.3 Å². The third kappa shape index (κ3) is 4.62. The van der Waals surface area contributed by atoms with Crippen molar-refractivity contribution < 1.29 is 4.79 Å². The first kappa shape index (κ1) is 18.0. The Morgan fingerprint density at radius 1 is 1.12 bits per heavy atom. The van der Waals surface area contributed by atoms with Gasteiger partial charge in [0.2, 0.25) is 5.91 Å². The third-order valence-corrected chi connectivity index (χ3v) is 4.72. The van der Waals surface area contributed by atoms with Gasteiger partial charge in [0, 0.05) is 44.8 Å². The third-order valence-electron chi connectivity index (χ3n) is 4.72. The lowest BCUT2D eigenvalue weighted by atomic mass is 10.2. The Morgan fingerprint density at radius 2 is 1.88 bits per heavy atom. The van der Waals surface area contributed by atoms with Gasteiger partial charge in [-0.15, -0.1) is 0 Å². The van der Waals surface area contributed by atoms with Gasteiger partial charge in [-0.1, -0.05) is 24.3 Å². The fourth-order valence-electron chi connectivity index (χ4n) is 3.22. The molecule has 1 saturated heterocycles. The van der Waals surface area contributed by atoms with Gasteiger partial charge in [0.15, 0.2) is 0 Å². The molecule has 2 aromatic carbocycles. The monoisotopic (exact) mass is 348 g/mol. The van der Waals surface area contributed by atoms with Crippen molar-refractivity contribution in [3.63, 3.8) is 0 Å². The lowest BCUT2D eigenvalue weighted by molar-refractivity contribution is -0.116. The lowest BCUT2D eigenvalue weighted by Crippen LogP contribution is -2.47. The summed E-state index contributed by atoms with van der Waals surface area (Å²) in [5.41, 5.74) is 3.63. The molecule has 0 unspecified atom stereocenters. The van der Waals surface area contributed by atoms with Crippen molar-refractivity contribution in [2.24, 2.45) is 0 Å². The van der Waals surface area contributed by atoms with Crippen LogP contribution < -0.4 is 10.2 Å². The van der Waals surface area contributed by atoms with E-state index in [1.807, 2.05) is 6.07 Å². The van der Waals surface area contributed by atoms with Crippen molar-refractivity contribution in [1.29, 1.82) is 5.26 Å². The van der Waals surface area contributed by atoms with Crippen LogP contribution in [-0.4, -0.2) is 43.5 Å². The average molecular weight is 348 g/mol. The number of piperazine rings is 1. The topological polar surface area (TPSA) is 59.4 Å². The predicted molar refractivity (Wildman–Crippen MR) is 104 cm³/mol. The van der Waals surface area contributed by atoms with Gasteiger partial charge in [0.25, 0.3) is 0 Å². The highest BCUT2D eigenvalue weighted by molar-refractivity contribution is 5.92. The fraction of sp³-hybridized carbons (Fsp3) is 0.333. The lowest BCUT2D eigenvalue weighted by Gasteiger charge is -2.36. The van der Waals surface area contributed by atoms with E-state index in [4.69, 9.17) is 5.26 Å². The van der Waals surface area contributed by atoms with E-state index in [2.05, 4.69) is 52.4 Å². The molecule has 0 aromatic heterocycles. The highest BCUT2D eigenvalue weighted by Gasteiger charge is 2.18. The zero-order valence-corrected chi connectivity index (χ0v) is 15.1. The molecule has 1 aliphatic rings. The van der Waals surface area contributed by atoms with Crippen LogP contribution in [0.15, 0.2) is 48.5 Å². The number of nitriles is 1. The van der Waals surface area contributed by atoms with E-state index >= 15 is 0 Å². The standard InChI is InChI=1S/C21H24N4O/c1-17-5-4-7-19(15-17)25-13-11-24(12-14-25)10-9-21(26)23-20-8-3-2-6-18(20)16-22/h2-8,15H,9-14H2,1H3,(H,23,26). The molecule has 134 valence electrons. The molecule has 0 aliphatic carbocycles. The number of hydrogen-bond acceptors (Lipinski definition) is 4. The highest BCUT2D eigenvalue weighted by Crippen LogP contribution is 2.18. The Labute approximate surface area is 154 Å². The maximum absolute atomic E-state index is 12.2. The van der Waals surface area contributed by atoms with E-state index in [1.165, 1.54) is 11.3 Å². The summed E-state index contributed by atoms with van der Waals surface area (Å²) in [7, 11) is 0. The molecule has 0 spiro atoms. The minimum absolute atomic E-state index is 0.0474. The van der Waals surface area contributed by atoms with Crippen molar-refractivity contribution in [3.8, 4) is 6.07 Å². The minimum Gasteiger partial charge on any atom is -0.369 e. The van der Waals surface area contributed by atoms with Crippen molar-refractivity contribution in [2.45, 2.75) is 13.3 Å². The van der Waals surface area contributed by atoms with Crippen molar-refractivity contribution in [3.05, 3.63) is 59.7 Å². The van der Waals surface area contributed by atoms with Gasteiger partial charge in [-0.3, -0.25) is 9.69 Å². The molecular weight excluding hydrogens is 324 g/mol. The van der Waals surface area contributed by atoms with E-state index < -0.39 is 0 Å². The average Bonchev–Trinajstić information content (AvgIpc) is 2.67. The molecule has 1 amide bonds. The van der Waals surface area contributed by atoms with Gasteiger partial charge in [0.1, 0.15) is 6.07 Å². The fourth-order valence-corrected chi connectivity index (χ4v) is 3.22. The predicted octanol–water partition coefficient (Wildman–Crippen LogP) is 3.02. The Bertz CT molecular complexity index is 804. The van der Waals surface area contributed by atoms with Crippen LogP contribution in [0.1, 0.15) is 17.5 Å². The van der Waals surface area contributed by atoms with Crippen molar-refractivity contribution in [1.82, 2.24) is 4.90 Å². The number of carbonyl (C=O) groups is 1. The summed E-state index contributed by atoms with van der Waals surface area (Å²) in [5.74, 6) is -0.0474. The largest absolute Gasteiger partial charge is 0.369 e. The van der Waals surface area contributed by atoms with Crippen LogP contribution in [0.25, 0.3) is 0 Å². The van der Waals surface area contributed by atoms with Crippen molar-refractivity contribution in [2.75, 3.05) is 42.9 Å². The maximum Gasteiger partial charge on any atom is 0.225 e. The molecule has 0 radical (unpaired) electrons. The van der Waals surface area contributed by atoms with Crippen LogP contribution in [-0.2, 0) is 4.79 Å². The number of benzene rings is 2. The van der Waals surface area contributed by atoms with E-state index in [-0.39, 0.29) is 5.91 Å². The number of aryl methyl sites for hydroxylation is 1. The smallest absolute Gasteiger partial charge is 0.225 e. The van der Waals surface area contributed by atoms with Crippen LogP contribution >= 0.6 is 0 Å². The normalized spacial score (nSPS) is 14.7. The number of nitrogens with zero attached hydrogens (tertiary/aromatic N) is 3. The second-order valence-corrected chi connectivity index (χ2v) is 6.62. The van der Waals surface area contributed by atoms with Gasteiger partial charge in [-0.25, -0.2) is 0 Å². The molecule has 1 aliphatic heterocycles. The Morgan fingerprint density at radius 3 is 2.62 bits per heavy atom. The van der Waals surface area contributed by atoms with Crippen LogP contribution in [0.4, 0.5) is 11.4 Å². The first-order valence-electron chi connectivity index (χ1n) is 8.98. The first-order valence-corrected chi connectivity index (χ1v) is 8.98. The number of amides is 1. The Balaban J connectivity index is 1.45. The highest BCUT2D eigenvalue weighted by atomic mass is 16.1. The van der Waals surface area contributed by atoms with Crippen LogP contribution in [0.3, 0.4) is 0 Å². The molecule has 1 N–H and O–H groups in total. The number of anilines is 2. The quantitative estimate of drug-likeness (QED) is 0.902. The van der Waals surface area contributed by atoms with E-state index in [0.29, 0.717) is 17.7 Å². The SMILES string of the molecule is Cc1cccc(N2CCN(CCC(=O)Nc3ccccc3C#N)CC2)c1. The molecule has 0 saturated carbocycles. The number of rotatable bonds is 5. The molecule has 0 bridgehead atoms. The van der Waals surface area contributed by atoms with E-state index in [0.717, 1.165) is 32.7 Å². The summed E-state index contributed by atoms with van der Waals surface area (Å²) < 4.78 is 0. The molecule has 1 heterocycles. The van der Waals surface area contributed by atoms with Crippen LogP contribution in [0.2, 0.25) is 0 Å². The van der Waals surface area contributed by atoms with Gasteiger partial charge < -0.3 is 10.2 Å². The van der Waals surface area contributed by atoms with Gasteiger partial charge in [-0.2, -0.15) is 5.26 Å². The van der Waals surface area contributed by atoms with E-state index in [9.17, 15) is 4.79 Å². The molecule has 2 aromatic rings. The zero-order valence-electron chi connectivity index (χ0n) is 15.1. The van der Waals surface area contributed by atoms with Gasteiger partial charge in [0.05, 0.1) is 11.3 Å². The minimum atomic E-state index is -0.0474. The number of hydrogen-bond donors (Lipinski definition) is 1. The molecule has 3 rings (SSSR count). The molecule has 26 heavy (non-hydrogen) atoms. The second kappa shape index (κ2) is 8.50. The van der Waals surface area contributed by atoms with Crippen LogP contribution in [0.5, 0.6) is 0 Å². The summed E-state index contributed by atoms with van der Waals surface area (Å²) in [6, 6.07) is 17.8. The maximum atomic E-state index is 12.2. The Kier molecular flexibility index (Phi) is 5.88. The molecule has 1 fully saturated rings. The van der Waals surface area contributed by atoms with Gasteiger partial charge >= 0.3 is 0 Å². The number of carbonyl (C=O) groups excluding carboxylic acids is 1. The molecule has 5 heteroatoms. The summed E-state index contributed by atoms with van der Waals surface area (Å²) in [4.78, 5) is 16.9. The van der Waals surface area contributed by atoms with Crippen LogP contribution in [0, 0.1) is 18.3 Å². The summed E-state index contributed by atoms with van der Waals surface area (Å²) in [5, 5.41) is 11.9. The molecule has 0 atom stereocenters. The summed E-state index contributed by atoms with van der Waals surface area (Å²) in [6.45, 7) is 6.71. The summed E-state index contributed by atoms with van der Waals surface area (Å²) >= 11 is 0. The first-order chi connectivity index (χ1) is 12.7. The summed E-state index contributed by atoms with van der Waals surface area (Å²) in [6.07, 6.45) is 0.435. The molecular formula is C21H24N4O. The number of nitrogens with one attached hydrogen (secondary N) is 1. The van der Waals surface area contributed by atoms with E-state index in [1.54, 1.807) is 18.2 Å².